The lowest BCUT2D eigenvalue weighted by molar-refractivity contribution is -0.895. The molecule has 0 spiro atoms. The van der Waals surface area contributed by atoms with Crippen LogP contribution in [0.4, 0.5) is 0 Å². The van der Waals surface area contributed by atoms with Crippen LogP contribution >= 0.6 is 12.2 Å². The number of methoxy groups -OCH3 is 1. The lowest BCUT2D eigenvalue weighted by Gasteiger charge is -2.13. The maximum atomic E-state index is 12.1. The monoisotopic (exact) mass is 404 g/mol. The Morgan fingerprint density at radius 1 is 1.36 bits per heavy atom. The fourth-order valence-corrected chi connectivity index (χ4v) is 3.39. The summed E-state index contributed by atoms with van der Waals surface area (Å²) < 4.78 is 9.85. The van der Waals surface area contributed by atoms with Crippen LogP contribution in [0.25, 0.3) is 11.4 Å². The minimum absolute atomic E-state index is 0.0866. The van der Waals surface area contributed by atoms with Crippen molar-refractivity contribution < 1.29 is 14.4 Å². The summed E-state index contributed by atoms with van der Waals surface area (Å²) in [7, 11) is 3.64. The number of ether oxygens (including phenoxy) is 1. The van der Waals surface area contributed by atoms with Crippen LogP contribution in [-0.4, -0.2) is 47.0 Å². The molecule has 2 aromatic rings. The lowest BCUT2D eigenvalue weighted by atomic mass is 10.2. The predicted molar refractivity (Wildman–Crippen MR) is 111 cm³/mol. The third kappa shape index (κ3) is 5.20. The van der Waals surface area contributed by atoms with E-state index < -0.39 is 0 Å². The third-order valence-corrected chi connectivity index (χ3v) is 5.07. The van der Waals surface area contributed by atoms with E-state index >= 15 is 0 Å². The van der Waals surface area contributed by atoms with Crippen LogP contribution in [0.3, 0.4) is 0 Å². The van der Waals surface area contributed by atoms with E-state index in [4.69, 9.17) is 22.1 Å². The zero-order valence-corrected chi connectivity index (χ0v) is 17.9. The first-order valence-electron chi connectivity index (χ1n) is 9.80. The molecule has 1 aliphatic carbocycles. The molecule has 1 unspecified atom stereocenters. The molecule has 1 aromatic carbocycles. The van der Waals surface area contributed by atoms with Crippen molar-refractivity contribution in [1.29, 1.82) is 0 Å². The van der Waals surface area contributed by atoms with Crippen LogP contribution in [0.15, 0.2) is 24.3 Å². The van der Waals surface area contributed by atoms with Crippen molar-refractivity contribution in [2.24, 2.45) is 5.92 Å². The van der Waals surface area contributed by atoms with Crippen molar-refractivity contribution in [1.82, 2.24) is 19.7 Å². The number of hydrogen-bond acceptors (Lipinski definition) is 4. The normalized spacial score (nSPS) is 14.9. The van der Waals surface area contributed by atoms with Gasteiger partial charge in [-0.25, -0.2) is 0 Å². The van der Waals surface area contributed by atoms with E-state index in [-0.39, 0.29) is 5.91 Å². The minimum Gasteiger partial charge on any atom is -0.497 e. The number of quaternary nitrogens is 1. The molecule has 28 heavy (non-hydrogen) atoms. The van der Waals surface area contributed by atoms with Crippen molar-refractivity contribution in [3.63, 3.8) is 0 Å². The number of nitrogens with zero attached hydrogens (tertiary/aromatic N) is 3. The summed E-state index contributed by atoms with van der Waals surface area (Å²) in [5.41, 5.74) is 0.996. The van der Waals surface area contributed by atoms with E-state index in [0.29, 0.717) is 29.9 Å². The Hall–Kier alpha value is -2.19. The fourth-order valence-electron chi connectivity index (χ4n) is 3.12. The summed E-state index contributed by atoms with van der Waals surface area (Å²) in [6.45, 7) is 6.08. The van der Waals surface area contributed by atoms with E-state index in [2.05, 4.69) is 23.7 Å². The number of carbonyl (C=O) groups is 1. The van der Waals surface area contributed by atoms with Gasteiger partial charge < -0.3 is 15.0 Å². The summed E-state index contributed by atoms with van der Waals surface area (Å²) >= 11 is 5.72. The number of carbonyl (C=O) groups excluding carboxylic acids is 1. The molecule has 0 saturated heterocycles. The fraction of sp³-hybridized carbons (Fsp3) is 0.550. The van der Waals surface area contributed by atoms with Gasteiger partial charge in [0.05, 0.1) is 14.2 Å². The second kappa shape index (κ2) is 8.87. The number of nitrogens with one attached hydrogen (secondary N) is 2. The SMILES string of the molecule is COc1ccc(-c2nn(C[NH+](C)CC(=O)NC3CC3)c(=S)n2CC(C)C)cc1. The standard InChI is InChI=1S/C20H29N5O2S/c1-14(2)11-24-19(15-5-9-17(27-4)10-6-15)22-25(20(24)28)13-23(3)12-18(26)21-16-7-8-16/h5-6,9-10,14,16H,7-8,11-13H2,1-4H3,(H,21,26)/p+1. The maximum Gasteiger partial charge on any atom is 0.275 e. The molecule has 152 valence electrons. The second-order valence-electron chi connectivity index (χ2n) is 7.97. The van der Waals surface area contributed by atoms with Gasteiger partial charge in [-0.2, -0.15) is 4.68 Å². The highest BCUT2D eigenvalue weighted by Gasteiger charge is 2.25. The van der Waals surface area contributed by atoms with Crippen LogP contribution in [0.2, 0.25) is 0 Å². The van der Waals surface area contributed by atoms with E-state index in [1.165, 1.54) is 0 Å². The molecule has 1 heterocycles. The summed E-state index contributed by atoms with van der Waals surface area (Å²) in [5, 5.41) is 7.82. The van der Waals surface area contributed by atoms with E-state index in [0.717, 1.165) is 41.4 Å². The summed E-state index contributed by atoms with van der Waals surface area (Å²) in [4.78, 5) is 13.1. The highest BCUT2D eigenvalue weighted by atomic mass is 32.1. The maximum absolute atomic E-state index is 12.1. The summed E-state index contributed by atoms with van der Waals surface area (Å²) in [6.07, 6.45) is 2.20. The van der Waals surface area contributed by atoms with E-state index in [1.54, 1.807) is 7.11 Å². The molecule has 3 rings (SSSR count). The van der Waals surface area contributed by atoms with Gasteiger partial charge >= 0.3 is 0 Å². The molecule has 0 bridgehead atoms. The number of likely N-dealkylation sites (N-methyl/N-ethyl adjacent to an activating group) is 1. The second-order valence-corrected chi connectivity index (χ2v) is 8.34. The molecule has 7 nitrogen and oxygen atoms in total. The van der Waals surface area contributed by atoms with Crippen molar-refractivity contribution in [3.05, 3.63) is 29.0 Å². The molecular weight excluding hydrogens is 374 g/mol. The molecule has 8 heteroatoms. The molecule has 1 fully saturated rings. The van der Waals surface area contributed by atoms with Gasteiger partial charge in [0.15, 0.2) is 19.0 Å². The predicted octanol–water partition coefficient (Wildman–Crippen LogP) is 1.50. The minimum atomic E-state index is 0.0866. The summed E-state index contributed by atoms with van der Waals surface area (Å²) in [6, 6.07) is 8.23. The quantitative estimate of drug-likeness (QED) is 0.622. The number of rotatable bonds is 9. The van der Waals surface area contributed by atoms with Crippen molar-refractivity contribution in [2.45, 2.75) is 45.9 Å². The number of amides is 1. The Bertz CT molecular complexity index is 868. The molecule has 1 aromatic heterocycles. The Balaban J connectivity index is 1.81. The molecular formula is C20H30N5O2S+. The molecule has 0 radical (unpaired) electrons. The Kier molecular flexibility index (Phi) is 6.51. The van der Waals surface area contributed by atoms with Crippen LogP contribution < -0.4 is 15.0 Å². The van der Waals surface area contributed by atoms with Gasteiger partial charge in [-0.1, -0.05) is 13.8 Å². The average Bonchev–Trinajstić information content (AvgIpc) is 3.41. The Labute approximate surface area is 171 Å². The summed E-state index contributed by atoms with van der Waals surface area (Å²) in [5.74, 6) is 2.18. The molecule has 1 amide bonds. The van der Waals surface area contributed by atoms with E-state index in [9.17, 15) is 4.79 Å². The van der Waals surface area contributed by atoms with Crippen molar-refractivity contribution >= 4 is 18.1 Å². The first-order valence-corrected chi connectivity index (χ1v) is 10.2. The molecule has 1 aliphatic rings. The van der Waals surface area contributed by atoms with Crippen LogP contribution in [0.1, 0.15) is 26.7 Å². The highest BCUT2D eigenvalue weighted by Crippen LogP contribution is 2.22. The first-order chi connectivity index (χ1) is 13.4. The van der Waals surface area contributed by atoms with Gasteiger partial charge in [0.2, 0.25) is 4.77 Å². The lowest BCUT2D eigenvalue weighted by Crippen LogP contribution is -3.09. The smallest absolute Gasteiger partial charge is 0.275 e. The van der Waals surface area contributed by atoms with Gasteiger partial charge in [-0.15, -0.1) is 5.10 Å². The van der Waals surface area contributed by atoms with Crippen LogP contribution in [0.5, 0.6) is 5.75 Å². The zero-order chi connectivity index (χ0) is 20.3. The molecule has 0 aliphatic heterocycles. The van der Waals surface area contributed by atoms with Gasteiger partial charge in [-0.05, 0) is 55.2 Å². The topological polar surface area (TPSA) is 65.5 Å². The Morgan fingerprint density at radius 3 is 2.61 bits per heavy atom. The molecule has 1 atom stereocenters. The highest BCUT2D eigenvalue weighted by molar-refractivity contribution is 7.71. The van der Waals surface area contributed by atoms with Crippen molar-refractivity contribution in [2.75, 3.05) is 20.7 Å². The van der Waals surface area contributed by atoms with Gasteiger partial charge in [0.1, 0.15) is 5.75 Å². The van der Waals surface area contributed by atoms with Gasteiger partial charge in [-0.3, -0.25) is 9.36 Å². The number of hydrogen-bond donors (Lipinski definition) is 2. The largest absolute Gasteiger partial charge is 0.497 e. The van der Waals surface area contributed by atoms with Crippen molar-refractivity contribution in [3.8, 4) is 17.1 Å². The third-order valence-electron chi connectivity index (χ3n) is 4.64. The molecule has 1 saturated carbocycles. The number of aromatic nitrogens is 3. The van der Waals surface area contributed by atoms with Gasteiger partial charge in [0, 0.05) is 18.2 Å². The van der Waals surface area contributed by atoms with Gasteiger partial charge in [0.25, 0.3) is 5.91 Å². The van der Waals surface area contributed by atoms with Crippen LogP contribution in [0, 0.1) is 10.7 Å². The van der Waals surface area contributed by atoms with Crippen LogP contribution in [-0.2, 0) is 18.0 Å². The number of benzene rings is 1. The van der Waals surface area contributed by atoms with E-state index in [1.807, 2.05) is 36.0 Å². The molecule has 2 N–H and O–H groups in total. The zero-order valence-electron chi connectivity index (χ0n) is 17.1. The average molecular weight is 405 g/mol. The Morgan fingerprint density at radius 2 is 2.04 bits per heavy atom. The first kappa shape index (κ1) is 20.5.